The summed E-state index contributed by atoms with van der Waals surface area (Å²) in [6.45, 7) is 0. The molecule has 72 valence electrons. The fourth-order valence-corrected chi connectivity index (χ4v) is 1.65. The number of aromatic nitrogens is 1. The number of para-hydroxylation sites is 1. The van der Waals surface area contributed by atoms with Crippen LogP contribution in [-0.4, -0.2) is 9.93 Å². The third kappa shape index (κ3) is 1.46. The van der Waals surface area contributed by atoms with E-state index < -0.39 is 5.37 Å². The topological polar surface area (TPSA) is 34.0 Å². The lowest BCUT2D eigenvalue weighted by Gasteiger charge is -1.96. The molecule has 0 atom stereocenters. The fraction of sp³-hybridized carbons (Fsp3) is 0.100. The maximum atomic E-state index is 10.7. The van der Waals surface area contributed by atoms with Crippen LogP contribution in [0.4, 0.5) is 10.5 Å². The Morgan fingerprint density at radius 3 is 2.86 bits per heavy atom. The molecule has 0 saturated heterocycles. The molecule has 1 amide bonds. The van der Waals surface area contributed by atoms with Gasteiger partial charge in [0.25, 0.3) is 0 Å². The fourth-order valence-electron chi connectivity index (χ4n) is 1.55. The highest BCUT2D eigenvalue weighted by Gasteiger charge is 2.06. The summed E-state index contributed by atoms with van der Waals surface area (Å²) in [5.41, 5.74) is 1.80. The highest BCUT2D eigenvalue weighted by atomic mass is 35.5. The Balaban J connectivity index is 2.60. The Hall–Kier alpha value is -1.48. The van der Waals surface area contributed by atoms with Gasteiger partial charge < -0.3 is 9.88 Å². The zero-order valence-electron chi connectivity index (χ0n) is 7.62. The second kappa shape index (κ2) is 3.35. The summed E-state index contributed by atoms with van der Waals surface area (Å²) < 4.78 is 1.94. The highest BCUT2D eigenvalue weighted by Crippen LogP contribution is 2.24. The number of carbonyl (C=O) groups is 1. The molecule has 0 fully saturated rings. The molecule has 1 N–H and O–H groups in total. The van der Waals surface area contributed by atoms with Crippen molar-refractivity contribution < 1.29 is 4.79 Å². The van der Waals surface area contributed by atoms with Crippen LogP contribution >= 0.6 is 11.6 Å². The van der Waals surface area contributed by atoms with E-state index in [1.165, 1.54) is 0 Å². The van der Waals surface area contributed by atoms with Gasteiger partial charge in [-0.05, 0) is 17.7 Å². The zero-order valence-corrected chi connectivity index (χ0v) is 8.38. The average molecular weight is 209 g/mol. The van der Waals surface area contributed by atoms with Gasteiger partial charge in [0.05, 0.1) is 5.69 Å². The van der Waals surface area contributed by atoms with Crippen LogP contribution in [0, 0.1) is 0 Å². The van der Waals surface area contributed by atoms with Crippen molar-refractivity contribution in [3.63, 3.8) is 0 Å². The van der Waals surface area contributed by atoms with Gasteiger partial charge in [-0.25, -0.2) is 0 Å². The third-order valence-electron chi connectivity index (χ3n) is 2.13. The van der Waals surface area contributed by atoms with Gasteiger partial charge in [-0.2, -0.15) is 0 Å². The standard InChI is InChI=1S/C10H9ClN2O/c1-13-6-8(12-10(11)14)7-4-2-3-5-9(7)13/h2-6H,1H3,(H,12,14). The molecule has 0 aliphatic rings. The molecule has 2 rings (SSSR count). The van der Waals surface area contributed by atoms with Crippen molar-refractivity contribution in [3.05, 3.63) is 30.5 Å². The highest BCUT2D eigenvalue weighted by molar-refractivity contribution is 6.65. The van der Waals surface area contributed by atoms with Gasteiger partial charge in [0, 0.05) is 24.1 Å². The van der Waals surface area contributed by atoms with Crippen LogP contribution in [0.25, 0.3) is 10.9 Å². The van der Waals surface area contributed by atoms with Crippen LogP contribution < -0.4 is 5.32 Å². The van der Waals surface area contributed by atoms with Crippen LogP contribution in [0.5, 0.6) is 0 Å². The molecule has 1 aromatic carbocycles. The van der Waals surface area contributed by atoms with Crippen molar-refractivity contribution in [2.75, 3.05) is 5.32 Å². The van der Waals surface area contributed by atoms with Gasteiger partial charge in [-0.15, -0.1) is 0 Å². The SMILES string of the molecule is Cn1cc(NC(=O)Cl)c2ccccc21. The van der Waals surface area contributed by atoms with Crippen molar-refractivity contribution in [1.29, 1.82) is 0 Å². The maximum Gasteiger partial charge on any atom is 0.318 e. The van der Waals surface area contributed by atoms with Crippen LogP contribution in [0.15, 0.2) is 30.5 Å². The van der Waals surface area contributed by atoms with Gasteiger partial charge in [0.2, 0.25) is 0 Å². The summed E-state index contributed by atoms with van der Waals surface area (Å²) in [7, 11) is 1.92. The van der Waals surface area contributed by atoms with Crippen LogP contribution in [0.2, 0.25) is 0 Å². The lowest BCUT2D eigenvalue weighted by molar-refractivity contribution is 0.269. The van der Waals surface area contributed by atoms with Gasteiger partial charge >= 0.3 is 5.37 Å². The molecule has 0 saturated carbocycles. The number of halogens is 1. The third-order valence-corrected chi connectivity index (χ3v) is 2.22. The first-order valence-corrected chi connectivity index (χ1v) is 4.57. The average Bonchev–Trinajstić information content (AvgIpc) is 2.44. The second-order valence-corrected chi connectivity index (χ2v) is 3.41. The Bertz CT molecular complexity index is 490. The molecule has 0 unspecified atom stereocenters. The van der Waals surface area contributed by atoms with E-state index in [1.54, 1.807) is 0 Å². The Labute approximate surface area is 86.3 Å². The molecular formula is C10H9ClN2O. The Morgan fingerprint density at radius 1 is 1.43 bits per heavy atom. The molecule has 4 heteroatoms. The van der Waals surface area contributed by atoms with E-state index in [2.05, 4.69) is 5.32 Å². The largest absolute Gasteiger partial charge is 0.348 e. The van der Waals surface area contributed by atoms with Crippen LogP contribution in [0.1, 0.15) is 0 Å². The number of rotatable bonds is 1. The van der Waals surface area contributed by atoms with Crippen LogP contribution in [-0.2, 0) is 7.05 Å². The molecule has 1 heterocycles. The predicted octanol–water partition coefficient (Wildman–Crippen LogP) is 2.95. The second-order valence-electron chi connectivity index (χ2n) is 3.07. The van der Waals surface area contributed by atoms with E-state index in [1.807, 2.05) is 42.1 Å². The number of hydrogen-bond donors (Lipinski definition) is 1. The van der Waals surface area contributed by atoms with Crippen molar-refractivity contribution in [2.24, 2.45) is 7.05 Å². The number of hydrogen-bond acceptors (Lipinski definition) is 1. The first-order chi connectivity index (χ1) is 6.68. The Kier molecular flexibility index (Phi) is 2.17. The predicted molar refractivity (Wildman–Crippen MR) is 57.8 cm³/mol. The minimum absolute atomic E-state index is 0.568. The molecule has 0 aliphatic heterocycles. The first-order valence-electron chi connectivity index (χ1n) is 4.19. The monoisotopic (exact) mass is 208 g/mol. The molecule has 1 aromatic heterocycles. The van der Waals surface area contributed by atoms with E-state index >= 15 is 0 Å². The maximum absolute atomic E-state index is 10.7. The Morgan fingerprint density at radius 2 is 2.14 bits per heavy atom. The van der Waals surface area contributed by atoms with E-state index in [9.17, 15) is 4.79 Å². The molecule has 14 heavy (non-hydrogen) atoms. The van der Waals surface area contributed by atoms with Gasteiger partial charge in [-0.1, -0.05) is 18.2 Å². The van der Waals surface area contributed by atoms with Gasteiger partial charge in [0.1, 0.15) is 0 Å². The quantitative estimate of drug-likeness (QED) is 0.568. The number of amides is 1. The number of aryl methyl sites for hydroxylation is 1. The summed E-state index contributed by atoms with van der Waals surface area (Å²) in [5.74, 6) is 0. The summed E-state index contributed by atoms with van der Waals surface area (Å²) in [5, 5.41) is 3.00. The van der Waals surface area contributed by atoms with Crippen LogP contribution in [0.3, 0.4) is 0 Å². The van der Waals surface area contributed by atoms with Gasteiger partial charge in [0.15, 0.2) is 0 Å². The minimum Gasteiger partial charge on any atom is -0.348 e. The van der Waals surface area contributed by atoms with Gasteiger partial charge in [-0.3, -0.25) is 4.79 Å². The minimum atomic E-state index is -0.568. The first kappa shape index (κ1) is 9.09. The summed E-state index contributed by atoms with van der Waals surface area (Å²) in [6.07, 6.45) is 1.84. The molecule has 0 radical (unpaired) electrons. The number of carbonyl (C=O) groups excluding carboxylic acids is 1. The summed E-state index contributed by atoms with van der Waals surface area (Å²) in [4.78, 5) is 10.7. The van der Waals surface area contributed by atoms with Crippen molar-refractivity contribution >= 4 is 33.6 Å². The van der Waals surface area contributed by atoms with E-state index in [0.29, 0.717) is 0 Å². The molecule has 2 aromatic rings. The number of nitrogens with one attached hydrogen (secondary N) is 1. The number of anilines is 1. The van der Waals surface area contributed by atoms with E-state index in [4.69, 9.17) is 11.6 Å². The lowest BCUT2D eigenvalue weighted by atomic mass is 10.2. The molecule has 0 spiro atoms. The molecule has 0 bridgehead atoms. The number of benzene rings is 1. The smallest absolute Gasteiger partial charge is 0.318 e. The van der Waals surface area contributed by atoms with Crippen molar-refractivity contribution in [3.8, 4) is 0 Å². The zero-order chi connectivity index (χ0) is 10.1. The molecule has 0 aliphatic carbocycles. The normalized spacial score (nSPS) is 10.4. The number of nitrogens with zero attached hydrogens (tertiary/aromatic N) is 1. The van der Waals surface area contributed by atoms with Crippen molar-refractivity contribution in [1.82, 2.24) is 4.57 Å². The van der Waals surface area contributed by atoms with E-state index in [0.717, 1.165) is 16.6 Å². The number of fused-ring (bicyclic) bond motifs is 1. The van der Waals surface area contributed by atoms with Crippen molar-refractivity contribution in [2.45, 2.75) is 0 Å². The van der Waals surface area contributed by atoms with E-state index in [-0.39, 0.29) is 0 Å². The summed E-state index contributed by atoms with van der Waals surface area (Å²) >= 11 is 5.26. The lowest BCUT2D eigenvalue weighted by Crippen LogP contribution is -1.99. The molecular weight excluding hydrogens is 200 g/mol. The summed E-state index contributed by atoms with van der Waals surface area (Å²) in [6, 6.07) is 7.80. The molecule has 3 nitrogen and oxygen atoms in total.